The summed E-state index contributed by atoms with van der Waals surface area (Å²) in [4.78, 5) is 13.2. The Morgan fingerprint density at radius 1 is 0.907 bits per heavy atom. The number of halogens is 1. The molecule has 2 heterocycles. The molecule has 2 aliphatic rings. The van der Waals surface area contributed by atoms with Crippen molar-refractivity contribution in [3.63, 3.8) is 0 Å². The number of unbranched alkanes of at least 4 members (excludes halogenated alkanes) is 3. The molecule has 2 aliphatic heterocycles. The number of fused-ring (bicyclic) bond motifs is 2. The first-order valence-electron chi connectivity index (χ1n) is 15.8. The van der Waals surface area contributed by atoms with Gasteiger partial charge in [0.05, 0.1) is 13.2 Å². The van der Waals surface area contributed by atoms with Gasteiger partial charge in [0.1, 0.15) is 24.1 Å². The van der Waals surface area contributed by atoms with Crippen LogP contribution in [-0.2, 0) is 40.7 Å². The molecular formula is C34H48ClNO7. The summed E-state index contributed by atoms with van der Waals surface area (Å²) in [5, 5.41) is 0.615. The van der Waals surface area contributed by atoms with Gasteiger partial charge < -0.3 is 34.2 Å². The van der Waals surface area contributed by atoms with Crippen molar-refractivity contribution in [2.75, 3.05) is 33.0 Å². The lowest BCUT2D eigenvalue weighted by Crippen LogP contribution is -2.70. The molecular weight excluding hydrogens is 570 g/mol. The third-order valence-corrected chi connectivity index (χ3v) is 8.53. The van der Waals surface area contributed by atoms with Gasteiger partial charge in [-0.3, -0.25) is 4.79 Å². The lowest BCUT2D eigenvalue weighted by atomic mass is 9.82. The van der Waals surface area contributed by atoms with Gasteiger partial charge in [-0.05, 0) is 68.0 Å². The van der Waals surface area contributed by atoms with Crippen molar-refractivity contribution in [1.29, 1.82) is 0 Å². The summed E-state index contributed by atoms with van der Waals surface area (Å²) in [6, 6.07) is 13.7. The van der Waals surface area contributed by atoms with E-state index >= 15 is 0 Å². The molecule has 0 aromatic heterocycles. The summed E-state index contributed by atoms with van der Waals surface area (Å²) in [5.74, 6) is -1.27. The lowest BCUT2D eigenvalue weighted by Gasteiger charge is -2.50. The van der Waals surface area contributed by atoms with Crippen LogP contribution < -0.4 is 10.5 Å². The minimum Gasteiger partial charge on any atom is -0.494 e. The topological polar surface area (TPSA) is 98.5 Å². The molecule has 0 saturated carbocycles. The van der Waals surface area contributed by atoms with Gasteiger partial charge in [-0.1, -0.05) is 69.8 Å². The van der Waals surface area contributed by atoms with Crippen LogP contribution in [0.1, 0.15) is 82.9 Å². The van der Waals surface area contributed by atoms with Crippen molar-refractivity contribution < 1.29 is 33.2 Å². The molecule has 2 N–H and O–H groups in total. The van der Waals surface area contributed by atoms with Crippen molar-refractivity contribution in [3.8, 4) is 5.75 Å². The highest BCUT2D eigenvalue weighted by Crippen LogP contribution is 2.53. The van der Waals surface area contributed by atoms with Crippen molar-refractivity contribution >= 4 is 17.5 Å². The number of benzene rings is 2. The van der Waals surface area contributed by atoms with E-state index in [0.717, 1.165) is 55.4 Å². The van der Waals surface area contributed by atoms with E-state index in [0.29, 0.717) is 43.4 Å². The largest absolute Gasteiger partial charge is 0.494 e. The number of carbonyl (C=O) groups is 1. The van der Waals surface area contributed by atoms with E-state index in [1.165, 1.54) is 0 Å². The lowest BCUT2D eigenvalue weighted by molar-refractivity contribution is -0.338. The Kier molecular flexibility index (Phi) is 12.3. The highest BCUT2D eigenvalue weighted by molar-refractivity contribution is 6.31. The van der Waals surface area contributed by atoms with Crippen LogP contribution in [0.25, 0.3) is 0 Å². The van der Waals surface area contributed by atoms with Crippen LogP contribution in [0.2, 0.25) is 5.02 Å². The number of rotatable bonds is 18. The fraction of sp³-hybridized carbons (Fsp3) is 0.618. The molecule has 2 bridgehead atoms. The maximum atomic E-state index is 13.2. The predicted molar refractivity (Wildman–Crippen MR) is 166 cm³/mol. The number of primary amides is 1. The zero-order valence-corrected chi connectivity index (χ0v) is 26.8. The number of carbonyl (C=O) groups excluding carboxylic acids is 1. The predicted octanol–water partition coefficient (Wildman–Crippen LogP) is 6.32. The van der Waals surface area contributed by atoms with Gasteiger partial charge in [0, 0.05) is 30.4 Å². The second-order valence-electron chi connectivity index (χ2n) is 11.4. The van der Waals surface area contributed by atoms with Gasteiger partial charge in [0.2, 0.25) is 11.4 Å². The molecule has 0 aliphatic carbocycles. The number of ether oxygens (including phenoxy) is 6. The van der Waals surface area contributed by atoms with Crippen LogP contribution in [0.15, 0.2) is 42.5 Å². The minimum absolute atomic E-state index is 0.0722. The molecule has 0 spiro atoms. The molecule has 5 atom stereocenters. The van der Waals surface area contributed by atoms with Gasteiger partial charge in [-0.2, -0.15) is 0 Å². The average Bonchev–Trinajstić information content (AvgIpc) is 3.37. The summed E-state index contributed by atoms with van der Waals surface area (Å²) in [5.41, 5.74) is 7.21. The molecule has 9 heteroatoms. The summed E-state index contributed by atoms with van der Waals surface area (Å²) in [7, 11) is 0. The van der Waals surface area contributed by atoms with Gasteiger partial charge in [-0.25, -0.2) is 0 Å². The highest BCUT2D eigenvalue weighted by Gasteiger charge is 2.71. The van der Waals surface area contributed by atoms with E-state index in [9.17, 15) is 4.79 Å². The smallest absolute Gasteiger partial charge is 0.255 e. The van der Waals surface area contributed by atoms with E-state index in [1.54, 1.807) is 0 Å². The molecule has 0 radical (unpaired) electrons. The summed E-state index contributed by atoms with van der Waals surface area (Å²) in [6.45, 7) is 10.2. The third kappa shape index (κ3) is 7.38. The van der Waals surface area contributed by atoms with Crippen LogP contribution >= 0.6 is 11.6 Å². The van der Waals surface area contributed by atoms with Gasteiger partial charge >= 0.3 is 0 Å². The third-order valence-electron chi connectivity index (χ3n) is 8.16. The quantitative estimate of drug-likeness (QED) is 0.195. The molecule has 2 aromatic rings. The normalized spacial score (nSPS) is 26.5. The fourth-order valence-electron chi connectivity index (χ4n) is 5.73. The van der Waals surface area contributed by atoms with Gasteiger partial charge in [0.15, 0.2) is 0 Å². The monoisotopic (exact) mass is 617 g/mol. The van der Waals surface area contributed by atoms with Crippen LogP contribution in [0.5, 0.6) is 5.75 Å². The Balaban J connectivity index is 1.76. The molecule has 2 saturated heterocycles. The summed E-state index contributed by atoms with van der Waals surface area (Å²) in [6.07, 6.45) is 3.82. The van der Waals surface area contributed by atoms with Crippen LogP contribution in [-0.4, -0.2) is 62.9 Å². The summed E-state index contributed by atoms with van der Waals surface area (Å²) >= 11 is 6.73. The number of hydrogen-bond donors (Lipinski definition) is 1. The molecule has 2 fully saturated rings. The van der Waals surface area contributed by atoms with Crippen molar-refractivity contribution in [3.05, 3.63) is 64.2 Å². The van der Waals surface area contributed by atoms with Crippen LogP contribution in [0, 0.1) is 0 Å². The Hall–Kier alpha value is -2.20. The molecule has 238 valence electrons. The zero-order chi connectivity index (χ0) is 30.9. The van der Waals surface area contributed by atoms with Crippen molar-refractivity contribution in [2.45, 2.75) is 102 Å². The van der Waals surface area contributed by atoms with E-state index in [2.05, 4.69) is 20.8 Å². The van der Waals surface area contributed by atoms with Crippen LogP contribution in [0.4, 0.5) is 0 Å². The number of hydrogen-bond acceptors (Lipinski definition) is 7. The SMILES string of the molecule is CCCCO[C@@H]1[C@@H](OCCCC)[C@@]2(c3ccc(Cl)c(Cc4ccc(OCC)cc4)c3)OC[C@](C(N)=O)(O2)[C@H]1OCCCC. The molecule has 8 nitrogen and oxygen atoms in total. The number of nitrogens with two attached hydrogens (primary N) is 1. The Morgan fingerprint density at radius 3 is 2.14 bits per heavy atom. The second-order valence-corrected chi connectivity index (χ2v) is 11.8. The standard InChI is InChI=1S/C34H48ClNO7/c1-5-9-18-39-29-30(40-19-10-6-2)33(32(36)37)23-42-34(43-33,31(29)41-20-11-7-3)26-14-17-28(35)25(22-26)21-24-12-15-27(16-13-24)38-8-4/h12-17,22,29-31H,5-11,18-21,23H2,1-4H3,(H2,36,37)/t29-,30-,31+,33-,34-/m0/s1. The first kappa shape index (κ1) is 33.7. The van der Waals surface area contributed by atoms with Crippen molar-refractivity contribution in [1.82, 2.24) is 0 Å². The maximum absolute atomic E-state index is 13.2. The Labute approximate surface area is 261 Å². The van der Waals surface area contributed by atoms with E-state index in [-0.39, 0.29) is 6.61 Å². The minimum atomic E-state index is -1.54. The first-order chi connectivity index (χ1) is 20.8. The first-order valence-corrected chi connectivity index (χ1v) is 16.2. The zero-order valence-electron chi connectivity index (χ0n) is 26.1. The maximum Gasteiger partial charge on any atom is 0.255 e. The number of amides is 1. The average molecular weight is 618 g/mol. The van der Waals surface area contributed by atoms with Crippen molar-refractivity contribution in [2.24, 2.45) is 5.73 Å². The van der Waals surface area contributed by atoms with Crippen LogP contribution in [0.3, 0.4) is 0 Å². The summed E-state index contributed by atoms with van der Waals surface area (Å²) < 4.78 is 38.4. The Bertz CT molecular complexity index is 1180. The molecule has 4 rings (SSSR count). The molecule has 2 aromatic carbocycles. The molecule has 1 amide bonds. The second kappa shape index (κ2) is 15.7. The van der Waals surface area contributed by atoms with Gasteiger partial charge in [-0.15, -0.1) is 0 Å². The molecule has 0 unspecified atom stereocenters. The van der Waals surface area contributed by atoms with E-state index in [1.807, 2.05) is 49.4 Å². The highest BCUT2D eigenvalue weighted by atomic mass is 35.5. The van der Waals surface area contributed by atoms with Gasteiger partial charge in [0.25, 0.3) is 5.91 Å². The fourth-order valence-corrected chi connectivity index (χ4v) is 5.92. The van der Waals surface area contributed by atoms with E-state index in [4.69, 9.17) is 45.8 Å². The Morgan fingerprint density at radius 2 is 1.53 bits per heavy atom. The molecule has 43 heavy (non-hydrogen) atoms. The van der Waals surface area contributed by atoms with E-state index < -0.39 is 35.6 Å².